The Bertz CT molecular complexity index is 354. The summed E-state index contributed by atoms with van der Waals surface area (Å²) in [6.45, 7) is 3.56. The summed E-state index contributed by atoms with van der Waals surface area (Å²) in [6.07, 6.45) is -4.47. The highest BCUT2D eigenvalue weighted by Gasteiger charge is 2.42. The topological polar surface area (TPSA) is 57.9 Å². The molecule has 0 saturated carbocycles. The Morgan fingerprint density at radius 2 is 1.81 bits per heavy atom. The molecule has 0 spiro atoms. The van der Waals surface area contributed by atoms with E-state index in [9.17, 15) is 21.6 Å². The number of hydrogen-bond acceptors (Lipinski definition) is 3. The summed E-state index contributed by atoms with van der Waals surface area (Å²) in [5, 5.41) is 8.27. The molecule has 3 nitrogen and oxygen atoms in total. The lowest BCUT2D eigenvalue weighted by Gasteiger charge is -2.13. The smallest absolute Gasteiger partial charge is 0.229 e. The van der Waals surface area contributed by atoms with Gasteiger partial charge in [0.2, 0.25) is 0 Å². The van der Waals surface area contributed by atoms with E-state index < -0.39 is 27.7 Å². The first-order chi connectivity index (χ1) is 7.08. The number of hydrogen-bond donors (Lipinski definition) is 0. The first kappa shape index (κ1) is 15.2. The molecule has 0 rings (SSSR count). The zero-order valence-corrected chi connectivity index (χ0v) is 9.90. The fraction of sp³-hybridized carbons (Fsp3) is 0.889. The molecule has 94 valence electrons. The molecule has 1 atom stereocenters. The summed E-state index contributed by atoms with van der Waals surface area (Å²) >= 11 is 0. The van der Waals surface area contributed by atoms with Crippen LogP contribution in [0.25, 0.3) is 0 Å². The molecule has 0 N–H and O–H groups in total. The molecule has 0 aliphatic carbocycles. The van der Waals surface area contributed by atoms with Crippen molar-refractivity contribution in [3.8, 4) is 6.07 Å². The Morgan fingerprint density at radius 1 is 1.31 bits per heavy atom. The van der Waals surface area contributed by atoms with Gasteiger partial charge in [0.25, 0.3) is 0 Å². The van der Waals surface area contributed by atoms with Crippen LogP contribution in [0, 0.1) is 23.2 Å². The minimum atomic E-state index is -4.78. The van der Waals surface area contributed by atoms with Crippen LogP contribution in [0.4, 0.5) is 13.2 Å². The second-order valence-electron chi connectivity index (χ2n) is 4.02. The summed E-state index contributed by atoms with van der Waals surface area (Å²) in [6, 6.07) is 0.982. The summed E-state index contributed by atoms with van der Waals surface area (Å²) < 4.78 is 59.1. The van der Waals surface area contributed by atoms with Crippen LogP contribution in [-0.2, 0) is 9.84 Å². The molecule has 7 heteroatoms. The van der Waals surface area contributed by atoms with Gasteiger partial charge in [-0.3, -0.25) is 0 Å². The number of nitrogens with zero attached hydrogens (tertiary/aromatic N) is 1. The number of alkyl halides is 3. The average molecular weight is 257 g/mol. The van der Waals surface area contributed by atoms with E-state index in [1.807, 2.05) is 0 Å². The first-order valence-corrected chi connectivity index (χ1v) is 6.57. The quantitative estimate of drug-likeness (QED) is 0.758. The average Bonchev–Trinajstić information content (AvgIpc) is 2.09. The SMILES string of the molecule is CC(C)CCS(=O)(=O)CC(C#N)C(F)(F)F. The van der Waals surface area contributed by atoms with Gasteiger partial charge in [-0.1, -0.05) is 13.8 Å². The lowest BCUT2D eigenvalue weighted by Crippen LogP contribution is -2.30. The molecule has 0 saturated heterocycles. The lowest BCUT2D eigenvalue weighted by molar-refractivity contribution is -0.153. The Hall–Kier alpha value is -0.770. The monoisotopic (exact) mass is 257 g/mol. The second kappa shape index (κ2) is 5.53. The molecule has 0 bridgehead atoms. The van der Waals surface area contributed by atoms with Crippen LogP contribution < -0.4 is 0 Å². The molecule has 1 unspecified atom stereocenters. The Morgan fingerprint density at radius 3 is 2.12 bits per heavy atom. The van der Waals surface area contributed by atoms with E-state index in [1.165, 1.54) is 0 Å². The minimum Gasteiger partial charge on any atom is -0.229 e. The first-order valence-electron chi connectivity index (χ1n) is 4.75. The van der Waals surface area contributed by atoms with Crippen molar-refractivity contribution in [3.05, 3.63) is 0 Å². The van der Waals surface area contributed by atoms with E-state index in [0.29, 0.717) is 6.42 Å². The maximum atomic E-state index is 12.2. The van der Waals surface area contributed by atoms with Gasteiger partial charge in [-0.15, -0.1) is 0 Å². The molecular formula is C9H14F3NO2S. The van der Waals surface area contributed by atoms with Crippen LogP contribution in [-0.4, -0.2) is 26.1 Å². The maximum absolute atomic E-state index is 12.2. The van der Waals surface area contributed by atoms with Gasteiger partial charge in [0.15, 0.2) is 15.8 Å². The third-order valence-corrected chi connectivity index (χ3v) is 3.68. The Labute approximate surface area is 93.2 Å². The van der Waals surface area contributed by atoms with E-state index in [1.54, 1.807) is 13.8 Å². The van der Waals surface area contributed by atoms with E-state index in [4.69, 9.17) is 5.26 Å². The molecule has 0 heterocycles. The molecular weight excluding hydrogens is 243 g/mol. The van der Waals surface area contributed by atoms with Gasteiger partial charge in [0.05, 0.1) is 17.6 Å². The second-order valence-corrected chi connectivity index (χ2v) is 6.25. The Kier molecular flexibility index (Phi) is 5.26. The van der Waals surface area contributed by atoms with Crippen LogP contribution in [0.1, 0.15) is 20.3 Å². The van der Waals surface area contributed by atoms with Gasteiger partial charge in [-0.2, -0.15) is 18.4 Å². The molecule has 0 aromatic rings. The van der Waals surface area contributed by atoms with Crippen LogP contribution in [0.15, 0.2) is 0 Å². The predicted octanol–water partition coefficient (Wildman–Crippen LogP) is 2.15. The summed E-state index contributed by atoms with van der Waals surface area (Å²) in [5.41, 5.74) is 0. The van der Waals surface area contributed by atoms with Crippen molar-refractivity contribution in [2.75, 3.05) is 11.5 Å². The molecule has 16 heavy (non-hydrogen) atoms. The molecule has 0 radical (unpaired) electrons. The number of rotatable bonds is 5. The fourth-order valence-electron chi connectivity index (χ4n) is 0.957. The molecule has 0 aliphatic rings. The van der Waals surface area contributed by atoms with E-state index >= 15 is 0 Å². The van der Waals surface area contributed by atoms with Crippen LogP contribution in [0.2, 0.25) is 0 Å². The maximum Gasteiger partial charge on any atom is 0.405 e. The molecule has 0 aliphatic heterocycles. The third kappa shape index (κ3) is 5.95. The van der Waals surface area contributed by atoms with Crippen molar-refractivity contribution in [1.29, 1.82) is 5.26 Å². The molecule has 0 aromatic carbocycles. The normalized spacial score (nSPS) is 14.8. The molecule has 0 amide bonds. The van der Waals surface area contributed by atoms with Crippen molar-refractivity contribution in [1.82, 2.24) is 0 Å². The van der Waals surface area contributed by atoms with E-state index in [-0.39, 0.29) is 11.7 Å². The van der Waals surface area contributed by atoms with Crippen molar-refractivity contribution < 1.29 is 21.6 Å². The fourth-order valence-corrected chi connectivity index (χ4v) is 2.73. The van der Waals surface area contributed by atoms with Crippen LogP contribution >= 0.6 is 0 Å². The Balaban J connectivity index is 4.53. The zero-order chi connectivity index (χ0) is 13.0. The van der Waals surface area contributed by atoms with Gasteiger partial charge < -0.3 is 0 Å². The number of nitriles is 1. The van der Waals surface area contributed by atoms with Gasteiger partial charge in [-0.05, 0) is 12.3 Å². The summed E-state index contributed by atoms with van der Waals surface area (Å²) in [4.78, 5) is 0. The number of sulfone groups is 1. The van der Waals surface area contributed by atoms with Crippen LogP contribution in [0.3, 0.4) is 0 Å². The van der Waals surface area contributed by atoms with Gasteiger partial charge in [0.1, 0.15) is 0 Å². The van der Waals surface area contributed by atoms with Crippen molar-refractivity contribution >= 4 is 9.84 Å². The minimum absolute atomic E-state index is 0.0983. The van der Waals surface area contributed by atoms with E-state index in [0.717, 1.165) is 6.07 Å². The standard InChI is InChI=1S/C9H14F3NO2S/c1-7(2)3-4-16(14,15)6-8(5-13)9(10,11)12/h7-8H,3-4,6H2,1-2H3. The van der Waals surface area contributed by atoms with Crippen molar-refractivity contribution in [2.45, 2.75) is 26.4 Å². The lowest BCUT2D eigenvalue weighted by atomic mass is 10.2. The molecule has 0 fully saturated rings. The third-order valence-electron chi connectivity index (χ3n) is 1.98. The summed E-state index contributed by atoms with van der Waals surface area (Å²) in [7, 11) is -3.81. The van der Waals surface area contributed by atoms with Crippen molar-refractivity contribution in [2.24, 2.45) is 11.8 Å². The zero-order valence-electron chi connectivity index (χ0n) is 9.08. The van der Waals surface area contributed by atoms with Gasteiger partial charge >= 0.3 is 6.18 Å². The largest absolute Gasteiger partial charge is 0.405 e. The highest BCUT2D eigenvalue weighted by molar-refractivity contribution is 7.91. The van der Waals surface area contributed by atoms with E-state index in [2.05, 4.69) is 0 Å². The van der Waals surface area contributed by atoms with Gasteiger partial charge in [-0.25, -0.2) is 8.42 Å². The highest BCUT2D eigenvalue weighted by Crippen LogP contribution is 2.27. The van der Waals surface area contributed by atoms with Crippen molar-refractivity contribution in [3.63, 3.8) is 0 Å². The highest BCUT2D eigenvalue weighted by atomic mass is 32.2. The summed E-state index contributed by atoms with van der Waals surface area (Å²) in [5.74, 6) is -3.77. The molecule has 0 aromatic heterocycles. The number of halogens is 3. The van der Waals surface area contributed by atoms with Gasteiger partial charge in [0, 0.05) is 0 Å². The van der Waals surface area contributed by atoms with Crippen LogP contribution in [0.5, 0.6) is 0 Å². The predicted molar refractivity (Wildman–Crippen MR) is 53.3 cm³/mol.